The highest BCUT2D eigenvalue weighted by molar-refractivity contribution is 9.10. The minimum absolute atomic E-state index is 0.343. The molecule has 0 heterocycles. The number of primary amides is 1. The molecule has 0 aliphatic rings. The lowest BCUT2D eigenvalue weighted by atomic mass is 10.1. The average molecular weight is 339 g/mol. The summed E-state index contributed by atoms with van der Waals surface area (Å²) in [5.74, 6) is -1.91. The van der Waals surface area contributed by atoms with Gasteiger partial charge in [0.05, 0.1) is 0 Å². The number of carbonyl (C=O) groups excluding carboxylic acids is 1. The van der Waals surface area contributed by atoms with E-state index < -0.39 is 23.5 Å². The third-order valence-corrected chi connectivity index (χ3v) is 3.27. The summed E-state index contributed by atoms with van der Waals surface area (Å²) in [5, 5.41) is 12.1. The van der Waals surface area contributed by atoms with Gasteiger partial charge in [-0.2, -0.15) is 0 Å². The lowest BCUT2D eigenvalue weighted by Crippen LogP contribution is -2.27. The van der Waals surface area contributed by atoms with Crippen LogP contribution in [0.25, 0.3) is 0 Å². The van der Waals surface area contributed by atoms with E-state index in [0.717, 1.165) is 10.5 Å². The lowest BCUT2D eigenvalue weighted by molar-refractivity contribution is -0.118. The molecule has 0 saturated carbocycles. The molecule has 0 saturated heterocycles. The third kappa shape index (κ3) is 3.27. The number of hydrogen-bond donors (Lipinski definition) is 3. The Hall–Kier alpha value is -2.08. The molecule has 0 fully saturated rings. The minimum Gasteiger partial charge on any atom is -0.505 e. The van der Waals surface area contributed by atoms with E-state index >= 15 is 0 Å². The van der Waals surface area contributed by atoms with Gasteiger partial charge in [0.15, 0.2) is 11.6 Å². The van der Waals surface area contributed by atoms with Gasteiger partial charge < -0.3 is 16.2 Å². The molecule has 4 nitrogen and oxygen atoms in total. The van der Waals surface area contributed by atoms with Crippen LogP contribution in [0.2, 0.25) is 0 Å². The molecule has 1 amide bonds. The molecule has 104 valence electrons. The monoisotopic (exact) mass is 338 g/mol. The number of nitrogens with two attached hydrogens (primary N) is 1. The standard InChI is InChI=1S/C14H12BrFN2O2/c15-9-2-4-10(5-3-9)18-13(14(17)20)8-1-6-12(19)11(16)7-8/h1-7,13,18-19H,(H2,17,20). The quantitative estimate of drug-likeness (QED) is 0.802. The smallest absolute Gasteiger partial charge is 0.244 e. The zero-order valence-electron chi connectivity index (χ0n) is 10.3. The van der Waals surface area contributed by atoms with Crippen LogP contribution in [0, 0.1) is 5.82 Å². The first-order chi connectivity index (χ1) is 9.47. The fourth-order valence-corrected chi connectivity index (χ4v) is 2.00. The van der Waals surface area contributed by atoms with Gasteiger partial charge in [-0.1, -0.05) is 22.0 Å². The number of rotatable bonds is 4. The number of carbonyl (C=O) groups is 1. The highest BCUT2D eigenvalue weighted by Gasteiger charge is 2.19. The van der Waals surface area contributed by atoms with E-state index in [9.17, 15) is 9.18 Å². The highest BCUT2D eigenvalue weighted by atomic mass is 79.9. The zero-order valence-corrected chi connectivity index (χ0v) is 11.9. The van der Waals surface area contributed by atoms with E-state index in [2.05, 4.69) is 21.2 Å². The molecule has 0 radical (unpaired) electrons. The summed E-state index contributed by atoms with van der Waals surface area (Å²) in [5.41, 5.74) is 6.35. The number of anilines is 1. The molecule has 0 spiro atoms. The van der Waals surface area contributed by atoms with E-state index in [1.54, 1.807) is 24.3 Å². The van der Waals surface area contributed by atoms with Crippen LogP contribution in [0.15, 0.2) is 46.9 Å². The van der Waals surface area contributed by atoms with Crippen LogP contribution in [0.1, 0.15) is 11.6 Å². The van der Waals surface area contributed by atoms with Crippen molar-refractivity contribution in [1.82, 2.24) is 0 Å². The Balaban J connectivity index is 2.29. The second kappa shape index (κ2) is 5.92. The Morgan fingerprint density at radius 2 is 1.90 bits per heavy atom. The predicted octanol–water partition coefficient (Wildman–Crippen LogP) is 2.93. The van der Waals surface area contributed by atoms with Crippen LogP contribution in [0.3, 0.4) is 0 Å². The molecule has 1 unspecified atom stereocenters. The Bertz CT molecular complexity index is 632. The van der Waals surface area contributed by atoms with E-state index in [-0.39, 0.29) is 0 Å². The number of hydrogen-bond acceptors (Lipinski definition) is 3. The number of halogens is 2. The normalized spacial score (nSPS) is 11.9. The van der Waals surface area contributed by atoms with Gasteiger partial charge in [0.1, 0.15) is 6.04 Å². The Kier molecular flexibility index (Phi) is 4.24. The van der Waals surface area contributed by atoms with Crippen LogP contribution in [0.5, 0.6) is 5.75 Å². The molecule has 4 N–H and O–H groups in total. The van der Waals surface area contributed by atoms with Crippen LogP contribution in [0.4, 0.5) is 10.1 Å². The average Bonchev–Trinajstić information content (AvgIpc) is 2.41. The molecular formula is C14H12BrFN2O2. The number of nitrogens with one attached hydrogen (secondary N) is 1. The predicted molar refractivity (Wildman–Crippen MR) is 77.8 cm³/mol. The summed E-state index contributed by atoms with van der Waals surface area (Å²) in [6.07, 6.45) is 0. The number of phenolic OH excluding ortho intramolecular Hbond substituents is 1. The van der Waals surface area contributed by atoms with Crippen molar-refractivity contribution in [3.05, 3.63) is 58.3 Å². The molecule has 2 aromatic rings. The van der Waals surface area contributed by atoms with Crippen molar-refractivity contribution in [3.8, 4) is 5.75 Å². The van der Waals surface area contributed by atoms with E-state index in [1.807, 2.05) is 0 Å². The Morgan fingerprint density at radius 3 is 2.45 bits per heavy atom. The summed E-state index contributed by atoms with van der Waals surface area (Å²) in [6.45, 7) is 0. The maximum atomic E-state index is 13.4. The van der Waals surface area contributed by atoms with E-state index in [4.69, 9.17) is 10.8 Å². The molecular weight excluding hydrogens is 327 g/mol. The van der Waals surface area contributed by atoms with E-state index in [1.165, 1.54) is 12.1 Å². The third-order valence-electron chi connectivity index (χ3n) is 2.74. The van der Waals surface area contributed by atoms with Crippen molar-refractivity contribution in [2.45, 2.75) is 6.04 Å². The largest absolute Gasteiger partial charge is 0.505 e. The summed E-state index contributed by atoms with van der Waals surface area (Å²) in [6, 6.07) is 9.95. The summed E-state index contributed by atoms with van der Waals surface area (Å²) in [7, 11) is 0. The minimum atomic E-state index is -0.883. The molecule has 2 aromatic carbocycles. The van der Waals surface area contributed by atoms with Crippen LogP contribution in [-0.4, -0.2) is 11.0 Å². The lowest BCUT2D eigenvalue weighted by Gasteiger charge is -2.17. The van der Waals surface area contributed by atoms with Gasteiger partial charge in [0.2, 0.25) is 5.91 Å². The molecule has 0 aliphatic heterocycles. The van der Waals surface area contributed by atoms with Crippen molar-refractivity contribution >= 4 is 27.5 Å². The molecule has 6 heteroatoms. The number of amides is 1. The van der Waals surface area contributed by atoms with Gasteiger partial charge in [-0.15, -0.1) is 0 Å². The molecule has 0 bridgehead atoms. The van der Waals surface area contributed by atoms with E-state index in [0.29, 0.717) is 11.3 Å². The fraction of sp³-hybridized carbons (Fsp3) is 0.0714. The van der Waals surface area contributed by atoms with Crippen molar-refractivity contribution in [1.29, 1.82) is 0 Å². The van der Waals surface area contributed by atoms with Gasteiger partial charge in [-0.3, -0.25) is 4.79 Å². The summed E-state index contributed by atoms with van der Waals surface area (Å²) in [4.78, 5) is 11.5. The second-order valence-corrected chi connectivity index (χ2v) is 5.11. The first kappa shape index (κ1) is 14.3. The van der Waals surface area contributed by atoms with Crippen molar-refractivity contribution < 1.29 is 14.3 Å². The van der Waals surface area contributed by atoms with Gasteiger partial charge in [-0.05, 0) is 42.0 Å². The summed E-state index contributed by atoms with van der Waals surface area (Å²) < 4.78 is 14.3. The maximum Gasteiger partial charge on any atom is 0.244 e. The summed E-state index contributed by atoms with van der Waals surface area (Å²) >= 11 is 3.31. The molecule has 0 aliphatic carbocycles. The number of aromatic hydroxyl groups is 1. The molecule has 20 heavy (non-hydrogen) atoms. The fourth-order valence-electron chi connectivity index (χ4n) is 1.73. The first-order valence-electron chi connectivity index (χ1n) is 5.77. The first-order valence-corrected chi connectivity index (χ1v) is 6.56. The Labute approximate surface area is 123 Å². The topological polar surface area (TPSA) is 75.4 Å². The van der Waals surface area contributed by atoms with Gasteiger partial charge in [0.25, 0.3) is 0 Å². The van der Waals surface area contributed by atoms with Gasteiger partial charge in [-0.25, -0.2) is 4.39 Å². The molecule has 2 rings (SSSR count). The van der Waals surface area contributed by atoms with Crippen molar-refractivity contribution in [3.63, 3.8) is 0 Å². The number of benzene rings is 2. The zero-order chi connectivity index (χ0) is 14.7. The molecule has 1 atom stereocenters. The SMILES string of the molecule is NC(=O)C(Nc1ccc(Br)cc1)c1ccc(O)c(F)c1. The van der Waals surface area contributed by atoms with Crippen LogP contribution >= 0.6 is 15.9 Å². The van der Waals surface area contributed by atoms with Crippen molar-refractivity contribution in [2.24, 2.45) is 5.73 Å². The molecule has 0 aromatic heterocycles. The van der Waals surface area contributed by atoms with Crippen LogP contribution in [-0.2, 0) is 4.79 Å². The van der Waals surface area contributed by atoms with Gasteiger partial charge in [0, 0.05) is 10.2 Å². The highest BCUT2D eigenvalue weighted by Crippen LogP contribution is 2.24. The van der Waals surface area contributed by atoms with Crippen molar-refractivity contribution in [2.75, 3.05) is 5.32 Å². The maximum absolute atomic E-state index is 13.4. The Morgan fingerprint density at radius 1 is 1.25 bits per heavy atom. The second-order valence-electron chi connectivity index (χ2n) is 4.20. The number of phenols is 1. The van der Waals surface area contributed by atoms with Crippen LogP contribution < -0.4 is 11.1 Å². The van der Waals surface area contributed by atoms with Gasteiger partial charge >= 0.3 is 0 Å².